The Balaban J connectivity index is 1.57. The van der Waals surface area contributed by atoms with Crippen LogP contribution in [0, 0.1) is 0 Å². The van der Waals surface area contributed by atoms with Gasteiger partial charge >= 0.3 is 0 Å². The van der Waals surface area contributed by atoms with E-state index in [-0.39, 0.29) is 18.4 Å². The van der Waals surface area contributed by atoms with Crippen molar-refractivity contribution in [1.29, 1.82) is 0 Å². The fraction of sp³-hybridized carbons (Fsp3) is 0.190. The summed E-state index contributed by atoms with van der Waals surface area (Å²) in [6.45, 7) is 2.32. The van der Waals surface area contributed by atoms with E-state index in [1.807, 2.05) is 31.2 Å². The quantitative estimate of drug-likeness (QED) is 0.532. The molecule has 1 N–H and O–H groups in total. The highest BCUT2D eigenvalue weighted by molar-refractivity contribution is 8.26. The summed E-state index contributed by atoms with van der Waals surface area (Å²) >= 11 is 6.51. The second-order valence-electron chi connectivity index (χ2n) is 6.03. The first kappa shape index (κ1) is 20.9. The Labute approximate surface area is 178 Å². The van der Waals surface area contributed by atoms with E-state index < -0.39 is 0 Å². The largest absolute Gasteiger partial charge is 0.495 e. The Bertz CT molecular complexity index is 957. The minimum Gasteiger partial charge on any atom is -0.495 e. The van der Waals surface area contributed by atoms with Gasteiger partial charge in [-0.1, -0.05) is 48.2 Å². The summed E-state index contributed by atoms with van der Waals surface area (Å²) in [4.78, 5) is 26.6. The lowest BCUT2D eigenvalue weighted by Gasteiger charge is -2.10. The lowest BCUT2D eigenvalue weighted by Crippen LogP contribution is -2.27. The van der Waals surface area contributed by atoms with Gasteiger partial charge in [0.1, 0.15) is 15.8 Å². The third kappa shape index (κ3) is 5.16. The molecule has 0 aromatic heterocycles. The zero-order chi connectivity index (χ0) is 20.8. The number of likely N-dealkylation sites (N-methyl/N-ethyl adjacent to an activating group) is 1. The molecule has 0 unspecified atom stereocenters. The molecule has 150 valence electrons. The maximum atomic E-state index is 12.3. The van der Waals surface area contributed by atoms with E-state index >= 15 is 0 Å². The number of amides is 2. The van der Waals surface area contributed by atoms with E-state index in [1.165, 1.54) is 11.8 Å². The highest BCUT2D eigenvalue weighted by Gasteiger charge is 2.30. The average Bonchev–Trinajstić information content (AvgIpc) is 3.00. The Morgan fingerprint density at radius 2 is 1.93 bits per heavy atom. The molecule has 1 fully saturated rings. The van der Waals surface area contributed by atoms with Crippen molar-refractivity contribution in [2.45, 2.75) is 6.92 Å². The van der Waals surface area contributed by atoms with Crippen LogP contribution in [0.5, 0.6) is 11.5 Å². The molecule has 1 aliphatic heterocycles. The smallest absolute Gasteiger partial charge is 0.266 e. The Hall–Kier alpha value is -2.84. The Morgan fingerprint density at radius 1 is 1.21 bits per heavy atom. The molecule has 0 atom stereocenters. The van der Waals surface area contributed by atoms with Crippen molar-refractivity contribution in [3.63, 3.8) is 0 Å². The molecule has 8 heteroatoms. The fourth-order valence-electron chi connectivity index (χ4n) is 2.67. The van der Waals surface area contributed by atoms with E-state index in [0.717, 1.165) is 5.56 Å². The van der Waals surface area contributed by atoms with Crippen molar-refractivity contribution in [3.8, 4) is 11.5 Å². The molecule has 2 aromatic carbocycles. The SMILES string of the molecule is CCN1C(=O)/C(=C\c2ccc(OCC(=O)Nc3ccccc3OC)cc2)SC1=S. The molecule has 3 rings (SSSR count). The number of thiocarbonyl (C=S) groups is 1. The van der Waals surface area contributed by atoms with Crippen LogP contribution < -0.4 is 14.8 Å². The molecule has 29 heavy (non-hydrogen) atoms. The maximum Gasteiger partial charge on any atom is 0.266 e. The zero-order valence-corrected chi connectivity index (χ0v) is 17.6. The van der Waals surface area contributed by atoms with Crippen molar-refractivity contribution >= 4 is 51.9 Å². The van der Waals surface area contributed by atoms with Crippen LogP contribution >= 0.6 is 24.0 Å². The topological polar surface area (TPSA) is 67.9 Å². The maximum absolute atomic E-state index is 12.3. The highest BCUT2D eigenvalue weighted by Crippen LogP contribution is 2.32. The van der Waals surface area contributed by atoms with Crippen LogP contribution in [-0.2, 0) is 9.59 Å². The molecule has 0 saturated carbocycles. The average molecular weight is 429 g/mol. The van der Waals surface area contributed by atoms with E-state index in [2.05, 4.69) is 5.32 Å². The number of thioether (sulfide) groups is 1. The minimum atomic E-state index is -0.290. The lowest BCUT2D eigenvalue weighted by molar-refractivity contribution is -0.122. The third-order valence-electron chi connectivity index (χ3n) is 4.12. The third-order valence-corrected chi connectivity index (χ3v) is 5.50. The van der Waals surface area contributed by atoms with Crippen LogP contribution in [0.4, 0.5) is 5.69 Å². The molecule has 0 aliphatic carbocycles. The van der Waals surface area contributed by atoms with Crippen LogP contribution in [0.2, 0.25) is 0 Å². The van der Waals surface area contributed by atoms with Crippen molar-refractivity contribution in [3.05, 3.63) is 59.0 Å². The van der Waals surface area contributed by atoms with Gasteiger partial charge in [-0.3, -0.25) is 14.5 Å². The highest BCUT2D eigenvalue weighted by atomic mass is 32.2. The number of ether oxygens (including phenoxy) is 2. The van der Waals surface area contributed by atoms with Gasteiger partial charge in [-0.25, -0.2) is 0 Å². The number of benzene rings is 2. The van der Waals surface area contributed by atoms with Crippen LogP contribution in [0.25, 0.3) is 6.08 Å². The van der Waals surface area contributed by atoms with E-state index in [1.54, 1.807) is 42.4 Å². The van der Waals surface area contributed by atoms with Crippen LogP contribution in [0.1, 0.15) is 12.5 Å². The van der Waals surface area contributed by atoms with Gasteiger partial charge in [0.05, 0.1) is 17.7 Å². The number of methoxy groups -OCH3 is 1. The first-order chi connectivity index (χ1) is 14.0. The summed E-state index contributed by atoms with van der Waals surface area (Å²) in [5.74, 6) is 0.773. The van der Waals surface area contributed by atoms with Gasteiger partial charge in [-0.05, 0) is 42.8 Å². The van der Waals surface area contributed by atoms with Crippen molar-refractivity contribution in [2.24, 2.45) is 0 Å². The van der Waals surface area contributed by atoms with Crippen molar-refractivity contribution in [1.82, 2.24) is 4.90 Å². The lowest BCUT2D eigenvalue weighted by atomic mass is 10.2. The molecule has 2 aromatic rings. The molecule has 6 nitrogen and oxygen atoms in total. The van der Waals surface area contributed by atoms with Gasteiger partial charge < -0.3 is 14.8 Å². The predicted octanol–water partition coefficient (Wildman–Crippen LogP) is 3.93. The number of carbonyl (C=O) groups is 2. The van der Waals surface area contributed by atoms with E-state index in [9.17, 15) is 9.59 Å². The number of hydrogen-bond acceptors (Lipinski definition) is 6. The van der Waals surface area contributed by atoms with Crippen molar-refractivity contribution in [2.75, 3.05) is 25.6 Å². The van der Waals surface area contributed by atoms with E-state index in [4.69, 9.17) is 21.7 Å². The predicted molar refractivity (Wildman–Crippen MR) is 119 cm³/mol. The van der Waals surface area contributed by atoms with E-state index in [0.29, 0.717) is 33.0 Å². The van der Waals surface area contributed by atoms with Gasteiger partial charge in [0, 0.05) is 6.54 Å². The van der Waals surface area contributed by atoms with Gasteiger partial charge in [0.25, 0.3) is 11.8 Å². The summed E-state index contributed by atoms with van der Waals surface area (Å²) in [6.07, 6.45) is 1.80. The van der Waals surface area contributed by atoms with Crippen LogP contribution in [0.3, 0.4) is 0 Å². The number of nitrogens with zero attached hydrogens (tertiary/aromatic N) is 1. The summed E-state index contributed by atoms with van der Waals surface area (Å²) in [5.41, 5.74) is 1.44. The number of rotatable bonds is 7. The summed E-state index contributed by atoms with van der Waals surface area (Å²) in [5, 5.41) is 2.75. The second kappa shape index (κ2) is 9.58. The molecule has 1 saturated heterocycles. The number of para-hydroxylation sites is 2. The van der Waals surface area contributed by atoms with Gasteiger partial charge in [-0.15, -0.1) is 0 Å². The molecule has 1 aliphatic rings. The first-order valence-electron chi connectivity index (χ1n) is 8.93. The van der Waals surface area contributed by atoms with Crippen molar-refractivity contribution < 1.29 is 19.1 Å². The molecular weight excluding hydrogens is 408 g/mol. The van der Waals surface area contributed by atoms with Gasteiger partial charge in [0.15, 0.2) is 6.61 Å². The molecule has 0 spiro atoms. The first-order valence-corrected chi connectivity index (χ1v) is 10.2. The molecule has 0 bridgehead atoms. The molecular formula is C21H20N2O4S2. The molecule has 1 heterocycles. The van der Waals surface area contributed by atoms with Gasteiger partial charge in [-0.2, -0.15) is 0 Å². The Morgan fingerprint density at radius 3 is 2.59 bits per heavy atom. The fourth-order valence-corrected chi connectivity index (χ4v) is 4.05. The second-order valence-corrected chi connectivity index (χ2v) is 7.71. The summed E-state index contributed by atoms with van der Waals surface area (Å²) in [7, 11) is 1.54. The summed E-state index contributed by atoms with van der Waals surface area (Å²) < 4.78 is 11.3. The number of hydrogen-bond donors (Lipinski definition) is 1. The molecule has 0 radical (unpaired) electrons. The zero-order valence-electron chi connectivity index (χ0n) is 16.0. The normalized spacial score (nSPS) is 15.0. The monoisotopic (exact) mass is 428 g/mol. The number of carbonyl (C=O) groups excluding carboxylic acids is 2. The minimum absolute atomic E-state index is 0.0733. The van der Waals surface area contributed by atoms with Crippen LogP contribution in [0.15, 0.2) is 53.4 Å². The standard InChI is InChI=1S/C21H20N2O4S2/c1-3-23-20(25)18(29-21(23)28)12-14-8-10-15(11-9-14)27-13-19(24)22-16-6-4-5-7-17(16)26-2/h4-12H,3,13H2,1-2H3,(H,22,24)/b18-12+. The van der Waals surface area contributed by atoms with Crippen LogP contribution in [-0.4, -0.2) is 41.3 Å². The Kier molecular flexibility index (Phi) is 6.90. The van der Waals surface area contributed by atoms with Gasteiger partial charge in [0.2, 0.25) is 0 Å². The number of nitrogens with one attached hydrogen (secondary N) is 1. The summed E-state index contributed by atoms with van der Waals surface area (Å²) in [6, 6.07) is 14.3. The number of anilines is 1. The molecule has 2 amide bonds.